The van der Waals surface area contributed by atoms with E-state index in [0.29, 0.717) is 48.3 Å². The lowest BCUT2D eigenvalue weighted by Crippen LogP contribution is -2.49. The van der Waals surface area contributed by atoms with Crippen LogP contribution >= 0.6 is 11.6 Å². The lowest BCUT2D eigenvalue weighted by atomic mass is 9.68. The Kier molecular flexibility index (Phi) is 9.13. The summed E-state index contributed by atoms with van der Waals surface area (Å²) in [7, 11) is -1.73. The number of fused-ring (bicyclic) bond motifs is 5. The first-order valence-corrected chi connectivity index (χ1v) is 20.2. The van der Waals surface area contributed by atoms with Crippen LogP contribution in [0.15, 0.2) is 71.3 Å². The van der Waals surface area contributed by atoms with E-state index in [0.717, 1.165) is 61.6 Å². The summed E-state index contributed by atoms with van der Waals surface area (Å²) < 4.78 is 36.3. The van der Waals surface area contributed by atoms with E-state index in [9.17, 15) is 13.8 Å². The number of aryl methyl sites for hydroxylation is 1. The van der Waals surface area contributed by atoms with Gasteiger partial charge in [0.1, 0.15) is 15.7 Å². The maximum absolute atomic E-state index is 14.6. The highest BCUT2D eigenvalue weighted by Crippen LogP contribution is 2.47. The van der Waals surface area contributed by atoms with Gasteiger partial charge in [0.15, 0.2) is 0 Å². The standard InChI is InChI=1S/C40H45ClN4O5S/c1-26-6-3-9-36(49-2)33-13-10-29(33)21-45-24-40(16-4-7-27-18-31(41)12-14-34(27)40)25-50-37-15-11-28(20-35(37)45)38(46)42-51(48,23-26)43-39(47)30-19-32-8-5-17-44(32)22-30/h3,5,8-9,11-12,14-15,18-20,22,26,29,33,36H,4,6-7,10,13,16-17,21,23-25H2,1-2H3,(H,42,43,46,47,48)/b9-3+/t26-,29-,33+,36-,40-,51-/m0/s1. The monoisotopic (exact) mass is 728 g/mol. The van der Waals surface area contributed by atoms with E-state index in [2.05, 4.69) is 38.3 Å². The zero-order valence-corrected chi connectivity index (χ0v) is 30.8. The van der Waals surface area contributed by atoms with Crippen LogP contribution in [-0.2, 0) is 33.0 Å². The minimum Gasteiger partial charge on any atom is -0.490 e. The summed E-state index contributed by atoms with van der Waals surface area (Å²) in [5.74, 6) is 0.206. The van der Waals surface area contributed by atoms with Crippen LogP contribution in [0.4, 0.5) is 5.69 Å². The first-order chi connectivity index (χ1) is 24.6. The molecule has 3 aliphatic heterocycles. The number of carbonyl (C=O) groups excluding carboxylic acids is 2. The Morgan fingerprint density at radius 2 is 2.04 bits per heavy atom. The third-order valence-corrected chi connectivity index (χ3v) is 13.8. The summed E-state index contributed by atoms with van der Waals surface area (Å²) in [5, 5.41) is 0.744. The number of halogens is 1. The molecule has 5 aliphatic rings. The molecule has 1 saturated carbocycles. The predicted molar refractivity (Wildman–Crippen MR) is 201 cm³/mol. The molecule has 2 amide bonds. The largest absolute Gasteiger partial charge is 0.490 e. The number of hydrogen-bond donors (Lipinski definition) is 1. The van der Waals surface area contributed by atoms with Crippen molar-refractivity contribution in [1.29, 1.82) is 0 Å². The lowest BCUT2D eigenvalue weighted by molar-refractivity contribution is 0.0131. The molecular formula is C40H45ClN4O5S. The smallest absolute Gasteiger partial charge is 0.286 e. The van der Waals surface area contributed by atoms with Gasteiger partial charge in [-0.25, -0.2) is 4.21 Å². The number of carbonyl (C=O) groups is 2. The van der Waals surface area contributed by atoms with Crippen molar-refractivity contribution in [2.24, 2.45) is 22.1 Å². The maximum Gasteiger partial charge on any atom is 0.286 e. The highest BCUT2D eigenvalue weighted by molar-refractivity contribution is 7.92. The average molecular weight is 729 g/mol. The number of nitrogens with one attached hydrogen (secondary N) is 1. The van der Waals surface area contributed by atoms with Crippen molar-refractivity contribution in [1.82, 2.24) is 9.29 Å². The molecule has 3 aromatic rings. The molecule has 2 aliphatic carbocycles. The molecule has 11 heteroatoms. The fourth-order valence-corrected chi connectivity index (χ4v) is 10.9. The highest BCUT2D eigenvalue weighted by Gasteiger charge is 2.44. The normalized spacial score (nSPS) is 30.6. The summed E-state index contributed by atoms with van der Waals surface area (Å²) >= 11 is 6.46. The zero-order valence-electron chi connectivity index (χ0n) is 29.2. The molecule has 1 spiro atoms. The molecule has 0 radical (unpaired) electrons. The summed E-state index contributed by atoms with van der Waals surface area (Å²) in [6.45, 7) is 4.66. The number of aromatic nitrogens is 1. The average Bonchev–Trinajstić information content (AvgIpc) is 3.67. The molecular weight excluding hydrogens is 684 g/mol. The van der Waals surface area contributed by atoms with Gasteiger partial charge in [-0.3, -0.25) is 14.3 Å². The van der Waals surface area contributed by atoms with Gasteiger partial charge in [0.2, 0.25) is 0 Å². The molecule has 51 heavy (non-hydrogen) atoms. The Balaban J connectivity index is 1.19. The highest BCUT2D eigenvalue weighted by atomic mass is 35.5. The van der Waals surface area contributed by atoms with Crippen LogP contribution in [0, 0.1) is 17.8 Å². The number of ether oxygens (including phenoxy) is 2. The molecule has 2 bridgehead atoms. The molecule has 4 heterocycles. The van der Waals surface area contributed by atoms with Crippen molar-refractivity contribution >= 4 is 45.1 Å². The molecule has 2 aromatic carbocycles. The van der Waals surface area contributed by atoms with E-state index < -0.39 is 21.7 Å². The summed E-state index contributed by atoms with van der Waals surface area (Å²) in [6.07, 6.45) is 15.6. The molecule has 8 rings (SSSR count). The number of benzene rings is 2. The van der Waals surface area contributed by atoms with Gasteiger partial charge in [0.25, 0.3) is 11.8 Å². The second kappa shape index (κ2) is 13.6. The summed E-state index contributed by atoms with van der Waals surface area (Å²) in [6, 6.07) is 13.4. The van der Waals surface area contributed by atoms with E-state index in [1.807, 2.05) is 41.8 Å². The maximum atomic E-state index is 14.6. The van der Waals surface area contributed by atoms with E-state index in [4.69, 9.17) is 21.1 Å². The van der Waals surface area contributed by atoms with Gasteiger partial charge in [-0.2, -0.15) is 0 Å². The molecule has 0 saturated heterocycles. The van der Waals surface area contributed by atoms with Crippen molar-refractivity contribution in [3.8, 4) is 5.75 Å². The van der Waals surface area contributed by atoms with Crippen LogP contribution in [-0.4, -0.2) is 59.3 Å². The predicted octanol–water partition coefficient (Wildman–Crippen LogP) is 7.23. The van der Waals surface area contributed by atoms with Crippen LogP contribution in [0.2, 0.25) is 5.02 Å². The molecule has 1 aromatic heterocycles. The second-order valence-corrected chi connectivity index (χ2v) is 17.5. The lowest BCUT2D eigenvalue weighted by Gasteiger charge is -2.46. The van der Waals surface area contributed by atoms with Gasteiger partial charge < -0.3 is 18.9 Å². The first kappa shape index (κ1) is 34.2. The number of allylic oxidation sites excluding steroid dienone is 2. The Morgan fingerprint density at radius 3 is 2.84 bits per heavy atom. The van der Waals surface area contributed by atoms with Crippen LogP contribution in [0.3, 0.4) is 0 Å². The van der Waals surface area contributed by atoms with E-state index >= 15 is 0 Å². The first-order valence-electron chi connectivity index (χ1n) is 18.1. The molecule has 9 nitrogen and oxygen atoms in total. The number of methoxy groups -OCH3 is 1. The van der Waals surface area contributed by atoms with Crippen LogP contribution in [0.1, 0.15) is 76.6 Å². The van der Waals surface area contributed by atoms with Crippen molar-refractivity contribution in [2.75, 3.05) is 37.5 Å². The SMILES string of the molecule is CO[C@H]1/C=C/C[C@H](C)C[S@@](=O)(NC(=O)c2cc3n(c2)CC=C3)=NC(=O)c2ccc3c(c2)N(C[C@@H]2CC[C@H]21)C[C@@]1(CCCc2cc(Cl)ccc21)CO3. The molecule has 0 unspecified atom stereocenters. The molecule has 6 atom stereocenters. The Morgan fingerprint density at radius 1 is 1.16 bits per heavy atom. The Labute approximate surface area is 305 Å². The van der Waals surface area contributed by atoms with Crippen LogP contribution in [0.25, 0.3) is 6.08 Å². The third kappa shape index (κ3) is 6.66. The van der Waals surface area contributed by atoms with Crippen molar-refractivity contribution in [3.63, 3.8) is 0 Å². The number of nitrogens with zero attached hydrogens (tertiary/aromatic N) is 3. The van der Waals surface area contributed by atoms with Gasteiger partial charge >= 0.3 is 0 Å². The van der Waals surface area contributed by atoms with Crippen molar-refractivity contribution in [2.45, 2.75) is 63.5 Å². The fraction of sp³-hybridized carbons (Fsp3) is 0.450. The fourth-order valence-electron chi connectivity index (χ4n) is 8.81. The van der Waals surface area contributed by atoms with Gasteiger partial charge in [-0.05, 0) is 110 Å². The Bertz CT molecular complexity index is 2060. The van der Waals surface area contributed by atoms with Crippen molar-refractivity contribution in [3.05, 3.63) is 99.9 Å². The molecule has 1 N–H and O–H groups in total. The van der Waals surface area contributed by atoms with Gasteiger partial charge in [0, 0.05) is 54.6 Å². The van der Waals surface area contributed by atoms with E-state index in [1.54, 1.807) is 25.4 Å². The van der Waals surface area contributed by atoms with Crippen LogP contribution < -0.4 is 14.4 Å². The summed E-state index contributed by atoms with van der Waals surface area (Å²) in [4.78, 5) is 29.9. The van der Waals surface area contributed by atoms with E-state index in [1.165, 1.54) is 11.1 Å². The van der Waals surface area contributed by atoms with E-state index in [-0.39, 0.29) is 23.2 Å². The topological polar surface area (TPSA) is 102 Å². The third-order valence-electron chi connectivity index (χ3n) is 11.5. The number of rotatable bonds is 3. The minimum atomic E-state index is -3.50. The molecule has 268 valence electrons. The Hall–Kier alpha value is -3.86. The summed E-state index contributed by atoms with van der Waals surface area (Å²) in [5.41, 5.74) is 4.72. The number of anilines is 1. The molecule has 1 fully saturated rings. The zero-order chi connectivity index (χ0) is 35.3. The number of hydrogen-bond acceptors (Lipinski definition) is 6. The second-order valence-electron chi connectivity index (χ2n) is 15.1. The van der Waals surface area contributed by atoms with Crippen LogP contribution in [0.5, 0.6) is 5.75 Å². The van der Waals surface area contributed by atoms with Gasteiger partial charge in [-0.1, -0.05) is 42.8 Å². The minimum absolute atomic E-state index is 0.0259. The number of amides is 2. The van der Waals surface area contributed by atoms with Crippen molar-refractivity contribution < 1.29 is 23.3 Å². The van der Waals surface area contributed by atoms with Gasteiger partial charge in [-0.15, -0.1) is 4.36 Å². The quantitative estimate of drug-likeness (QED) is 0.286. The van der Waals surface area contributed by atoms with Gasteiger partial charge in [0.05, 0.1) is 29.7 Å².